The molecule has 1 fully saturated rings. The third-order valence-electron chi connectivity index (χ3n) is 5.37. The number of amides is 1. The van der Waals surface area contributed by atoms with Gasteiger partial charge in [0.1, 0.15) is 5.75 Å². The molecule has 0 radical (unpaired) electrons. The molecular formula is C24H23NO3. The van der Waals surface area contributed by atoms with E-state index in [0.717, 1.165) is 22.6 Å². The molecular weight excluding hydrogens is 350 g/mol. The number of carbonyl (C=O) groups is 1. The van der Waals surface area contributed by atoms with Crippen molar-refractivity contribution in [2.75, 3.05) is 12.0 Å². The van der Waals surface area contributed by atoms with Crippen LogP contribution in [-0.2, 0) is 4.79 Å². The Morgan fingerprint density at radius 1 is 0.929 bits per heavy atom. The fraction of sp³-hybridized carbons (Fsp3) is 0.208. The van der Waals surface area contributed by atoms with E-state index in [1.54, 1.807) is 7.11 Å². The van der Waals surface area contributed by atoms with Gasteiger partial charge in [-0.05, 0) is 41.8 Å². The molecule has 3 aromatic carbocycles. The molecule has 1 N–H and O–H groups in total. The van der Waals surface area contributed by atoms with Gasteiger partial charge in [-0.1, -0.05) is 60.7 Å². The number of carbonyl (C=O) groups excluding carboxylic acids is 1. The summed E-state index contributed by atoms with van der Waals surface area (Å²) < 4.78 is 5.26. The van der Waals surface area contributed by atoms with Gasteiger partial charge in [-0.25, -0.2) is 0 Å². The minimum Gasteiger partial charge on any atom is -0.497 e. The average Bonchev–Trinajstić information content (AvgIpc) is 2.76. The van der Waals surface area contributed by atoms with E-state index in [9.17, 15) is 9.90 Å². The highest BCUT2D eigenvalue weighted by atomic mass is 16.5. The van der Waals surface area contributed by atoms with Crippen LogP contribution >= 0.6 is 0 Å². The van der Waals surface area contributed by atoms with Gasteiger partial charge in [-0.3, -0.25) is 4.79 Å². The zero-order valence-electron chi connectivity index (χ0n) is 15.7. The lowest BCUT2D eigenvalue weighted by Crippen LogP contribution is -2.55. The second kappa shape index (κ2) is 7.87. The highest BCUT2D eigenvalue weighted by Crippen LogP contribution is 2.47. The molecule has 1 saturated heterocycles. The molecule has 0 saturated carbocycles. The molecule has 3 aromatic rings. The van der Waals surface area contributed by atoms with Gasteiger partial charge in [0, 0.05) is 5.69 Å². The molecule has 3 atom stereocenters. The fourth-order valence-electron chi connectivity index (χ4n) is 3.89. The Kier molecular flexibility index (Phi) is 5.13. The predicted octanol–water partition coefficient (Wildman–Crippen LogP) is 4.52. The summed E-state index contributed by atoms with van der Waals surface area (Å²) in [4.78, 5) is 14.8. The van der Waals surface area contributed by atoms with Crippen LogP contribution in [0.1, 0.15) is 29.7 Å². The van der Waals surface area contributed by atoms with E-state index in [2.05, 4.69) is 0 Å². The monoisotopic (exact) mass is 373 g/mol. The highest BCUT2D eigenvalue weighted by Gasteiger charge is 2.49. The smallest absolute Gasteiger partial charge is 0.233 e. The number of nitrogens with zero attached hydrogens (tertiary/aromatic N) is 1. The number of rotatable bonds is 6. The molecule has 0 aliphatic carbocycles. The maximum Gasteiger partial charge on any atom is 0.233 e. The first-order valence-corrected chi connectivity index (χ1v) is 9.44. The molecule has 0 bridgehead atoms. The minimum absolute atomic E-state index is 0.0435. The van der Waals surface area contributed by atoms with Crippen LogP contribution < -0.4 is 9.64 Å². The van der Waals surface area contributed by atoms with Crippen LogP contribution in [0.15, 0.2) is 84.9 Å². The second-order valence-electron chi connectivity index (χ2n) is 7.03. The number of benzene rings is 3. The zero-order chi connectivity index (χ0) is 19.5. The molecule has 1 aliphatic rings. The lowest BCUT2D eigenvalue weighted by Gasteiger charge is -2.48. The van der Waals surface area contributed by atoms with E-state index >= 15 is 0 Å². The van der Waals surface area contributed by atoms with Crippen molar-refractivity contribution >= 4 is 11.6 Å². The maximum atomic E-state index is 13.0. The van der Waals surface area contributed by atoms with Gasteiger partial charge in [0.25, 0.3) is 0 Å². The number of para-hydroxylation sites is 1. The standard InChI is InChI=1S/C24H23NO3/c1-28-20-14-12-18(13-15-20)23-21(16-22(26)17-8-4-2-5-9-17)24(27)25(23)19-10-6-3-7-11-19/h2-15,21-23,26H,16H2,1H3/t21-,22-,23+/m1/s1. The fourth-order valence-corrected chi connectivity index (χ4v) is 3.89. The summed E-state index contributed by atoms with van der Waals surface area (Å²) in [5, 5.41) is 10.7. The predicted molar refractivity (Wildman–Crippen MR) is 109 cm³/mol. The van der Waals surface area contributed by atoms with E-state index in [4.69, 9.17) is 4.74 Å². The number of aliphatic hydroxyl groups excluding tert-OH is 1. The molecule has 0 spiro atoms. The summed E-state index contributed by atoms with van der Waals surface area (Å²) in [7, 11) is 1.64. The highest BCUT2D eigenvalue weighted by molar-refractivity contribution is 6.03. The molecule has 4 nitrogen and oxygen atoms in total. The zero-order valence-corrected chi connectivity index (χ0v) is 15.7. The Hall–Kier alpha value is -3.11. The van der Waals surface area contributed by atoms with Crippen molar-refractivity contribution in [2.45, 2.75) is 18.6 Å². The second-order valence-corrected chi connectivity index (χ2v) is 7.03. The van der Waals surface area contributed by atoms with Crippen molar-refractivity contribution in [3.63, 3.8) is 0 Å². The minimum atomic E-state index is -0.672. The molecule has 142 valence electrons. The Bertz CT molecular complexity index is 925. The molecule has 1 heterocycles. The van der Waals surface area contributed by atoms with Crippen LogP contribution in [0, 0.1) is 5.92 Å². The molecule has 1 amide bonds. The van der Waals surface area contributed by atoms with Gasteiger partial charge in [0.2, 0.25) is 5.91 Å². The van der Waals surface area contributed by atoms with Gasteiger partial charge in [-0.15, -0.1) is 0 Å². The Morgan fingerprint density at radius 3 is 2.14 bits per heavy atom. The largest absolute Gasteiger partial charge is 0.497 e. The summed E-state index contributed by atoms with van der Waals surface area (Å²) in [5.74, 6) is 0.548. The number of aliphatic hydroxyl groups is 1. The molecule has 4 rings (SSSR count). The van der Waals surface area contributed by atoms with E-state index in [0.29, 0.717) is 6.42 Å². The number of hydrogen-bond donors (Lipinski definition) is 1. The van der Waals surface area contributed by atoms with Gasteiger partial charge < -0.3 is 14.7 Å². The Balaban J connectivity index is 1.63. The quantitative estimate of drug-likeness (QED) is 0.646. The number of β-lactam (4-membered cyclic amide) rings is 1. The lowest BCUT2D eigenvalue weighted by molar-refractivity contribution is -0.132. The summed E-state index contributed by atoms with van der Waals surface area (Å²) >= 11 is 0. The number of methoxy groups -OCH3 is 1. The van der Waals surface area contributed by atoms with E-state index in [1.165, 1.54) is 0 Å². The Morgan fingerprint density at radius 2 is 1.54 bits per heavy atom. The third-order valence-corrected chi connectivity index (χ3v) is 5.37. The van der Waals surface area contributed by atoms with Crippen LogP contribution in [0.4, 0.5) is 5.69 Å². The summed E-state index contributed by atoms with van der Waals surface area (Å²) in [6, 6.07) is 26.9. The van der Waals surface area contributed by atoms with Crippen molar-refractivity contribution in [1.29, 1.82) is 0 Å². The van der Waals surface area contributed by atoms with Crippen LogP contribution in [0.5, 0.6) is 5.75 Å². The van der Waals surface area contributed by atoms with Crippen LogP contribution in [0.25, 0.3) is 0 Å². The summed E-state index contributed by atoms with van der Waals surface area (Å²) in [6.45, 7) is 0. The molecule has 4 heteroatoms. The number of hydrogen-bond acceptors (Lipinski definition) is 3. The van der Waals surface area contributed by atoms with Gasteiger partial charge in [0.15, 0.2) is 0 Å². The van der Waals surface area contributed by atoms with Crippen molar-refractivity contribution in [3.05, 3.63) is 96.1 Å². The van der Waals surface area contributed by atoms with Gasteiger partial charge >= 0.3 is 0 Å². The van der Waals surface area contributed by atoms with Crippen molar-refractivity contribution in [2.24, 2.45) is 5.92 Å². The van der Waals surface area contributed by atoms with E-state index in [-0.39, 0.29) is 17.9 Å². The van der Waals surface area contributed by atoms with Crippen LogP contribution in [-0.4, -0.2) is 18.1 Å². The molecule has 0 unspecified atom stereocenters. The molecule has 0 aromatic heterocycles. The first-order valence-electron chi connectivity index (χ1n) is 9.44. The summed E-state index contributed by atoms with van der Waals surface area (Å²) in [6.07, 6.45) is -0.281. The van der Waals surface area contributed by atoms with Gasteiger partial charge in [0.05, 0.1) is 25.2 Å². The van der Waals surface area contributed by atoms with E-state index < -0.39 is 6.10 Å². The first kappa shape index (κ1) is 18.3. The SMILES string of the molecule is COc1ccc([C@H]2[C@@H](C[C@@H](O)c3ccccc3)C(=O)N2c2ccccc2)cc1. The van der Waals surface area contributed by atoms with Crippen molar-refractivity contribution in [1.82, 2.24) is 0 Å². The topological polar surface area (TPSA) is 49.8 Å². The number of anilines is 1. The third kappa shape index (κ3) is 3.39. The normalized spacial score (nSPS) is 19.8. The number of ether oxygens (including phenoxy) is 1. The molecule has 1 aliphatic heterocycles. The average molecular weight is 373 g/mol. The van der Waals surface area contributed by atoms with Gasteiger partial charge in [-0.2, -0.15) is 0 Å². The molecule has 28 heavy (non-hydrogen) atoms. The van der Waals surface area contributed by atoms with Crippen molar-refractivity contribution < 1.29 is 14.6 Å². The lowest BCUT2D eigenvalue weighted by atomic mass is 9.77. The van der Waals surface area contributed by atoms with E-state index in [1.807, 2.05) is 89.8 Å². The maximum absolute atomic E-state index is 13.0. The first-order chi connectivity index (χ1) is 13.7. The Labute approximate surface area is 165 Å². The van der Waals surface area contributed by atoms with Crippen LogP contribution in [0.3, 0.4) is 0 Å². The van der Waals surface area contributed by atoms with Crippen LogP contribution in [0.2, 0.25) is 0 Å². The summed E-state index contributed by atoms with van der Waals surface area (Å²) in [5.41, 5.74) is 2.75. The van der Waals surface area contributed by atoms with Crippen molar-refractivity contribution in [3.8, 4) is 5.75 Å².